The van der Waals surface area contributed by atoms with Crippen LogP contribution in [0, 0.1) is 0 Å². The zero-order chi connectivity index (χ0) is 36.8. The third kappa shape index (κ3) is 4.20. The van der Waals surface area contributed by atoms with E-state index in [1.54, 1.807) is 0 Å². The molecule has 1 nitrogen and oxygen atoms in total. The molecule has 0 aromatic heterocycles. The van der Waals surface area contributed by atoms with Gasteiger partial charge in [0, 0.05) is 16.9 Å². The van der Waals surface area contributed by atoms with Crippen molar-refractivity contribution < 1.29 is 0 Å². The van der Waals surface area contributed by atoms with Crippen LogP contribution in [0.2, 0.25) is 0 Å². The molecule has 0 N–H and O–H groups in total. The molecule has 0 unspecified atom stereocenters. The Morgan fingerprint density at radius 3 is 1.29 bits per heavy atom. The highest BCUT2D eigenvalue weighted by Gasteiger charge is 2.52. The Labute approximate surface area is 326 Å². The van der Waals surface area contributed by atoms with Gasteiger partial charge in [-0.3, -0.25) is 0 Å². The monoisotopic (exact) mass is 709 g/mol. The van der Waals surface area contributed by atoms with Crippen LogP contribution in [0.1, 0.15) is 22.3 Å². The maximum atomic E-state index is 2.53. The van der Waals surface area contributed by atoms with Crippen LogP contribution in [0.5, 0.6) is 0 Å². The molecule has 0 fully saturated rings. The smallest absolute Gasteiger partial charge is 0.0726 e. The summed E-state index contributed by atoms with van der Waals surface area (Å²) >= 11 is 0. The van der Waals surface area contributed by atoms with Crippen LogP contribution in [-0.2, 0) is 5.41 Å². The number of rotatable bonds is 4. The van der Waals surface area contributed by atoms with Crippen molar-refractivity contribution in [3.05, 3.63) is 235 Å². The lowest BCUT2D eigenvalue weighted by Gasteiger charge is -2.33. The van der Waals surface area contributed by atoms with Crippen molar-refractivity contribution in [2.24, 2.45) is 0 Å². The molecule has 0 amide bonds. The van der Waals surface area contributed by atoms with Crippen molar-refractivity contribution in [2.75, 3.05) is 4.90 Å². The van der Waals surface area contributed by atoms with Crippen LogP contribution in [0.3, 0.4) is 0 Å². The molecule has 10 aromatic rings. The van der Waals surface area contributed by atoms with Crippen LogP contribution in [0.4, 0.5) is 17.1 Å². The summed E-state index contributed by atoms with van der Waals surface area (Å²) in [5.41, 5.74) is 15.9. The zero-order valence-corrected chi connectivity index (χ0v) is 30.7. The van der Waals surface area contributed by atoms with Crippen molar-refractivity contribution in [3.63, 3.8) is 0 Å². The number of fused-ring (bicyclic) bond motifs is 16. The lowest BCUT2D eigenvalue weighted by atomic mass is 9.70. The first-order valence-electron chi connectivity index (χ1n) is 19.5. The van der Waals surface area contributed by atoms with Crippen LogP contribution < -0.4 is 4.90 Å². The fourth-order valence-corrected chi connectivity index (χ4v) is 10.2. The molecule has 12 rings (SSSR count). The van der Waals surface area contributed by atoms with E-state index in [1.807, 2.05) is 0 Å². The van der Waals surface area contributed by atoms with Gasteiger partial charge < -0.3 is 4.90 Å². The minimum absolute atomic E-state index is 0.454. The number of hydrogen-bond acceptors (Lipinski definition) is 1. The third-order valence-electron chi connectivity index (χ3n) is 12.4. The molecule has 1 heteroatoms. The number of hydrogen-bond donors (Lipinski definition) is 0. The first kappa shape index (κ1) is 31.2. The summed E-state index contributed by atoms with van der Waals surface area (Å²) in [7, 11) is 0. The molecule has 0 atom stereocenters. The SMILES string of the molecule is c1ccc(-c2cc3c(cc2N(c2ccccc2)c2ccc4c5ccccc5c5ccccc5c4c2)C2(c4ccccc4-c4ccccc42)c2ccccc2-3)cc1. The van der Waals surface area contributed by atoms with Crippen LogP contribution in [0.15, 0.2) is 212 Å². The van der Waals surface area contributed by atoms with Crippen molar-refractivity contribution in [1.82, 2.24) is 0 Å². The Kier molecular flexibility index (Phi) is 6.62. The van der Waals surface area contributed by atoms with Crippen molar-refractivity contribution in [2.45, 2.75) is 5.41 Å². The van der Waals surface area contributed by atoms with Gasteiger partial charge in [0.15, 0.2) is 0 Å². The second-order valence-electron chi connectivity index (χ2n) is 15.2. The number of benzene rings is 10. The normalized spacial score (nSPS) is 13.1. The summed E-state index contributed by atoms with van der Waals surface area (Å²) in [6, 6.07) is 78.9. The minimum Gasteiger partial charge on any atom is -0.310 e. The predicted octanol–water partition coefficient (Wildman–Crippen LogP) is 14.6. The Balaban J connectivity index is 1.21. The highest BCUT2D eigenvalue weighted by Crippen LogP contribution is 2.64. The summed E-state index contributed by atoms with van der Waals surface area (Å²) in [5.74, 6) is 0. The zero-order valence-electron chi connectivity index (χ0n) is 30.7. The summed E-state index contributed by atoms with van der Waals surface area (Å²) in [6.45, 7) is 0. The summed E-state index contributed by atoms with van der Waals surface area (Å²) < 4.78 is 0. The third-order valence-corrected chi connectivity index (χ3v) is 12.4. The van der Waals surface area contributed by atoms with Crippen molar-refractivity contribution >= 4 is 49.4 Å². The van der Waals surface area contributed by atoms with Crippen LogP contribution in [0.25, 0.3) is 65.7 Å². The molecule has 2 aliphatic carbocycles. The van der Waals surface area contributed by atoms with Gasteiger partial charge in [0.2, 0.25) is 0 Å². The molecular formula is C55H35N. The van der Waals surface area contributed by atoms with E-state index in [9.17, 15) is 0 Å². The van der Waals surface area contributed by atoms with E-state index >= 15 is 0 Å². The van der Waals surface area contributed by atoms with Gasteiger partial charge >= 0.3 is 0 Å². The average Bonchev–Trinajstić information content (AvgIpc) is 3.74. The molecule has 0 aliphatic heterocycles. The van der Waals surface area contributed by atoms with E-state index in [4.69, 9.17) is 0 Å². The maximum absolute atomic E-state index is 2.53. The molecule has 260 valence electrons. The van der Waals surface area contributed by atoms with Gasteiger partial charge in [-0.25, -0.2) is 0 Å². The molecule has 1 spiro atoms. The van der Waals surface area contributed by atoms with Gasteiger partial charge in [0.1, 0.15) is 0 Å². The second kappa shape index (κ2) is 11.9. The number of anilines is 3. The molecule has 0 saturated carbocycles. The van der Waals surface area contributed by atoms with E-state index in [2.05, 4.69) is 217 Å². The Bertz CT molecular complexity index is 3110. The van der Waals surface area contributed by atoms with Crippen LogP contribution in [-0.4, -0.2) is 0 Å². The number of para-hydroxylation sites is 1. The molecule has 0 saturated heterocycles. The topological polar surface area (TPSA) is 3.24 Å². The second-order valence-corrected chi connectivity index (χ2v) is 15.2. The Morgan fingerprint density at radius 2 is 0.714 bits per heavy atom. The molecule has 56 heavy (non-hydrogen) atoms. The number of nitrogens with zero attached hydrogens (tertiary/aromatic N) is 1. The predicted molar refractivity (Wildman–Crippen MR) is 235 cm³/mol. The Morgan fingerprint density at radius 1 is 0.268 bits per heavy atom. The van der Waals surface area contributed by atoms with E-state index in [0.29, 0.717) is 0 Å². The van der Waals surface area contributed by atoms with E-state index in [0.717, 1.165) is 17.1 Å². The fraction of sp³-hybridized carbons (Fsp3) is 0.0182. The summed E-state index contributed by atoms with van der Waals surface area (Å²) in [4.78, 5) is 2.50. The molecule has 0 radical (unpaired) electrons. The highest BCUT2D eigenvalue weighted by atomic mass is 15.1. The largest absolute Gasteiger partial charge is 0.310 e. The lowest BCUT2D eigenvalue weighted by Crippen LogP contribution is -2.26. The van der Waals surface area contributed by atoms with Crippen molar-refractivity contribution in [1.29, 1.82) is 0 Å². The van der Waals surface area contributed by atoms with Gasteiger partial charge in [-0.2, -0.15) is 0 Å². The van der Waals surface area contributed by atoms with Crippen LogP contribution >= 0.6 is 0 Å². The molecule has 10 aromatic carbocycles. The van der Waals surface area contributed by atoms with Gasteiger partial charge in [0.25, 0.3) is 0 Å². The first-order valence-corrected chi connectivity index (χ1v) is 19.5. The van der Waals surface area contributed by atoms with Crippen molar-refractivity contribution in [3.8, 4) is 33.4 Å². The summed E-state index contributed by atoms with van der Waals surface area (Å²) in [6.07, 6.45) is 0. The standard InChI is InChI=1S/C55H35N/c1-3-17-36(18-4-1)47-34-49-46-27-13-16-30-52(46)55(50-28-14-11-25-44(50)45-26-12-15-29-51(45)55)53(49)35-54(47)56(37-19-5-2-6-20-37)38-31-32-43-41-23-8-7-21-39(41)40-22-9-10-24-42(40)48(43)33-38/h1-35H. The average molecular weight is 710 g/mol. The van der Waals surface area contributed by atoms with E-state index in [-0.39, 0.29) is 0 Å². The highest BCUT2D eigenvalue weighted by molar-refractivity contribution is 6.26. The van der Waals surface area contributed by atoms with Gasteiger partial charge in [-0.1, -0.05) is 176 Å². The van der Waals surface area contributed by atoms with Gasteiger partial charge in [0.05, 0.1) is 11.1 Å². The maximum Gasteiger partial charge on any atom is 0.0726 e. The van der Waals surface area contributed by atoms with E-state index < -0.39 is 5.41 Å². The lowest BCUT2D eigenvalue weighted by molar-refractivity contribution is 0.794. The van der Waals surface area contributed by atoms with Gasteiger partial charge in [-0.15, -0.1) is 0 Å². The molecule has 0 bridgehead atoms. The molecule has 2 aliphatic rings. The minimum atomic E-state index is -0.454. The quantitative estimate of drug-likeness (QED) is 0.164. The summed E-state index contributed by atoms with van der Waals surface area (Å²) in [5, 5.41) is 7.63. The fourth-order valence-electron chi connectivity index (χ4n) is 10.2. The molecular weight excluding hydrogens is 675 g/mol. The van der Waals surface area contributed by atoms with Gasteiger partial charge in [-0.05, 0) is 119 Å². The first-order chi connectivity index (χ1) is 27.8. The Hall–Kier alpha value is -7.22. The van der Waals surface area contributed by atoms with E-state index in [1.165, 1.54) is 88.0 Å². The molecule has 0 heterocycles.